The van der Waals surface area contributed by atoms with E-state index in [2.05, 4.69) is 84.9 Å². The highest BCUT2D eigenvalue weighted by Gasteiger charge is 2.22. The van der Waals surface area contributed by atoms with Crippen molar-refractivity contribution in [1.82, 2.24) is 9.97 Å². The number of pyridine rings is 1. The second-order valence-corrected chi connectivity index (χ2v) is 14.8. The van der Waals surface area contributed by atoms with Gasteiger partial charge in [-0.1, -0.05) is 96.1 Å². The molecule has 240 valence electrons. The van der Waals surface area contributed by atoms with Gasteiger partial charge in [0.1, 0.15) is 11.3 Å². The number of phenols is 1. The predicted octanol–water partition coefficient (Wildman–Crippen LogP) is 11.6. The third-order valence-corrected chi connectivity index (χ3v) is 8.92. The third kappa shape index (κ3) is 6.11. The lowest BCUT2D eigenvalue weighted by Crippen LogP contribution is -2.11. The third-order valence-electron chi connectivity index (χ3n) is 8.92. The van der Waals surface area contributed by atoms with Crippen molar-refractivity contribution in [3.05, 3.63) is 137 Å². The van der Waals surface area contributed by atoms with Gasteiger partial charge in [0.15, 0.2) is 5.58 Å². The number of nitrogens with zero attached hydrogens (tertiary/aromatic N) is 2. The van der Waals surface area contributed by atoms with Crippen molar-refractivity contribution < 1.29 is 12.3 Å². The Balaban J connectivity index is 1.49. The van der Waals surface area contributed by atoms with Crippen LogP contribution in [0, 0.1) is 6.92 Å². The number of hydrogen-bond acceptors (Lipinski definition) is 4. The first-order valence-electron chi connectivity index (χ1n) is 17.5. The minimum absolute atomic E-state index is 0.0675. The van der Waals surface area contributed by atoms with Crippen LogP contribution >= 0.6 is 0 Å². The van der Waals surface area contributed by atoms with Crippen molar-refractivity contribution in [3.8, 4) is 39.5 Å². The molecule has 0 fully saturated rings. The molecule has 0 aliphatic carbocycles. The van der Waals surface area contributed by atoms with E-state index >= 15 is 0 Å². The van der Waals surface area contributed by atoms with Gasteiger partial charge in [-0.25, -0.2) is 4.98 Å². The molecule has 4 heteroatoms. The Labute approximate surface area is 286 Å². The van der Waals surface area contributed by atoms with E-state index in [1.165, 1.54) is 5.56 Å². The number of aromatic nitrogens is 2. The van der Waals surface area contributed by atoms with Crippen LogP contribution in [0.1, 0.15) is 72.1 Å². The maximum absolute atomic E-state index is 11.0. The summed E-state index contributed by atoms with van der Waals surface area (Å²) in [6.45, 7) is 15.1. The van der Waals surface area contributed by atoms with E-state index in [1.54, 1.807) is 24.3 Å². The molecule has 1 N–H and O–H groups in total. The predicted molar refractivity (Wildman–Crippen MR) is 199 cm³/mol. The zero-order chi connectivity index (χ0) is 35.6. The fraction of sp³-hybridized carbons (Fsp3) is 0.227. The maximum atomic E-state index is 11.0. The molecule has 0 saturated carbocycles. The molecule has 0 spiro atoms. The molecule has 0 amide bonds. The summed E-state index contributed by atoms with van der Waals surface area (Å²) >= 11 is 0. The average Bonchev–Trinajstić information content (AvgIpc) is 3.51. The molecule has 7 rings (SSSR count). The number of aryl methyl sites for hydroxylation is 1. The van der Waals surface area contributed by atoms with Gasteiger partial charge in [0.2, 0.25) is 5.89 Å². The molecule has 4 nitrogen and oxygen atoms in total. The van der Waals surface area contributed by atoms with Crippen LogP contribution in [0.2, 0.25) is 0 Å². The lowest BCUT2D eigenvalue weighted by atomic mass is 9.83. The van der Waals surface area contributed by atoms with Gasteiger partial charge in [-0.2, -0.15) is 0 Å². The minimum Gasteiger partial charge on any atom is -0.507 e. The normalized spacial score (nSPS) is 13.1. The Kier molecular flexibility index (Phi) is 7.11. The van der Waals surface area contributed by atoms with E-state index in [1.807, 2.05) is 48.7 Å². The summed E-state index contributed by atoms with van der Waals surface area (Å²) in [4.78, 5) is 9.82. The van der Waals surface area contributed by atoms with E-state index in [-0.39, 0.29) is 22.5 Å². The van der Waals surface area contributed by atoms with E-state index in [4.69, 9.17) is 14.4 Å². The summed E-state index contributed by atoms with van der Waals surface area (Å²) in [6, 6.07) is 33.3. The summed E-state index contributed by atoms with van der Waals surface area (Å²) < 4.78 is 25.0. The van der Waals surface area contributed by atoms with Gasteiger partial charge in [0.05, 0.1) is 11.1 Å². The van der Waals surface area contributed by atoms with Gasteiger partial charge in [-0.3, -0.25) is 4.98 Å². The zero-order valence-corrected chi connectivity index (χ0v) is 28.6. The van der Waals surface area contributed by atoms with Crippen LogP contribution in [0.4, 0.5) is 0 Å². The number of aromatic hydroxyl groups is 1. The molecule has 0 unspecified atom stereocenters. The first-order valence-corrected chi connectivity index (χ1v) is 16.5. The number of benzene rings is 5. The SMILES string of the molecule is [2H]C([2H])(c1ccccc1)c1cc(-c2cc(C)cc(-c3cc(C(C)(C)C)cc4cccnc34)c2)c2nc(-c3cc(C(C)(C)C)ccc3O)oc2c1. The van der Waals surface area contributed by atoms with Crippen LogP contribution in [-0.4, -0.2) is 15.1 Å². The molecule has 0 bridgehead atoms. The smallest absolute Gasteiger partial charge is 0.231 e. The van der Waals surface area contributed by atoms with Crippen molar-refractivity contribution in [3.63, 3.8) is 0 Å². The fourth-order valence-corrected chi connectivity index (χ4v) is 6.24. The Morgan fingerprint density at radius 2 is 1.35 bits per heavy atom. The summed E-state index contributed by atoms with van der Waals surface area (Å²) in [6.07, 6.45) is 0.0121. The maximum Gasteiger partial charge on any atom is 0.231 e. The van der Waals surface area contributed by atoms with Crippen LogP contribution < -0.4 is 0 Å². The fourth-order valence-electron chi connectivity index (χ4n) is 6.24. The molecule has 0 atom stereocenters. The number of phenolic OH excluding ortho intramolecular Hbond substituents is 1. The largest absolute Gasteiger partial charge is 0.507 e. The van der Waals surface area contributed by atoms with Crippen LogP contribution in [-0.2, 0) is 17.2 Å². The van der Waals surface area contributed by atoms with Crippen molar-refractivity contribution >= 4 is 22.0 Å². The highest BCUT2D eigenvalue weighted by Crippen LogP contribution is 2.41. The molecule has 2 aromatic heterocycles. The lowest BCUT2D eigenvalue weighted by molar-refractivity contribution is 0.473. The average molecular weight is 633 g/mol. The molecular weight excluding hydrogens is 588 g/mol. The monoisotopic (exact) mass is 632 g/mol. The molecule has 48 heavy (non-hydrogen) atoms. The van der Waals surface area contributed by atoms with Gasteiger partial charge >= 0.3 is 0 Å². The standard InChI is InChI=1S/C44H42N2O2/c1-27-18-31(23-32(19-27)36-26-34(44(5,6)7)24-30-14-11-17-45-40(30)36)35-21-29(20-28-12-9-8-10-13-28)22-39-41(35)46-42(48-39)37-25-33(43(2,3)4)15-16-38(37)47/h8-19,21-26,47H,20H2,1-7H3/i20D2. The molecule has 2 heterocycles. The van der Waals surface area contributed by atoms with E-state index < -0.39 is 6.37 Å². The van der Waals surface area contributed by atoms with E-state index in [0.29, 0.717) is 27.8 Å². The molecular formula is C44H42N2O2. The van der Waals surface area contributed by atoms with Crippen molar-refractivity contribution in [2.75, 3.05) is 0 Å². The number of oxazole rings is 1. The highest BCUT2D eigenvalue weighted by atomic mass is 16.3. The van der Waals surface area contributed by atoms with Gasteiger partial charge < -0.3 is 9.52 Å². The second kappa shape index (κ2) is 11.8. The van der Waals surface area contributed by atoms with Gasteiger partial charge in [-0.15, -0.1) is 0 Å². The molecule has 0 saturated heterocycles. The Hall–Kier alpha value is -5.22. The van der Waals surface area contributed by atoms with E-state index in [9.17, 15) is 7.85 Å². The van der Waals surface area contributed by atoms with Crippen LogP contribution in [0.3, 0.4) is 0 Å². The van der Waals surface area contributed by atoms with Crippen LogP contribution in [0.25, 0.3) is 55.7 Å². The lowest BCUT2D eigenvalue weighted by Gasteiger charge is -2.21. The molecule has 0 aliphatic rings. The topological polar surface area (TPSA) is 59.2 Å². The van der Waals surface area contributed by atoms with Gasteiger partial charge in [0, 0.05) is 25.5 Å². The van der Waals surface area contributed by atoms with Crippen molar-refractivity contribution in [1.29, 1.82) is 0 Å². The summed E-state index contributed by atoms with van der Waals surface area (Å²) in [5, 5.41) is 12.1. The Bertz CT molecular complexity index is 2400. The first kappa shape index (κ1) is 29.0. The molecule has 0 aliphatic heterocycles. The number of rotatable bonds is 5. The molecule has 0 radical (unpaired) electrons. The molecule has 7 aromatic rings. The number of hydrogen-bond donors (Lipinski definition) is 1. The van der Waals surface area contributed by atoms with Crippen LogP contribution in [0.15, 0.2) is 114 Å². The van der Waals surface area contributed by atoms with Gasteiger partial charge in [0.25, 0.3) is 0 Å². The highest BCUT2D eigenvalue weighted by molar-refractivity contribution is 5.98. The zero-order valence-electron chi connectivity index (χ0n) is 30.6. The van der Waals surface area contributed by atoms with Crippen molar-refractivity contribution in [2.45, 2.75) is 65.7 Å². The van der Waals surface area contributed by atoms with Crippen LogP contribution in [0.5, 0.6) is 5.75 Å². The summed E-state index contributed by atoms with van der Waals surface area (Å²) in [7, 11) is 0. The molecule has 5 aromatic carbocycles. The van der Waals surface area contributed by atoms with Crippen molar-refractivity contribution in [2.24, 2.45) is 0 Å². The number of fused-ring (bicyclic) bond motifs is 2. The Morgan fingerprint density at radius 1 is 0.667 bits per heavy atom. The minimum atomic E-state index is -1.82. The van der Waals surface area contributed by atoms with Gasteiger partial charge in [-0.05, 0) is 112 Å². The quantitative estimate of drug-likeness (QED) is 0.205. The first-order chi connectivity index (χ1) is 23.6. The van der Waals surface area contributed by atoms with E-state index in [0.717, 1.165) is 44.3 Å². The Morgan fingerprint density at radius 3 is 2.06 bits per heavy atom. The summed E-state index contributed by atoms with van der Waals surface area (Å²) in [5.74, 6) is 0.352. The summed E-state index contributed by atoms with van der Waals surface area (Å²) in [5.41, 5.74) is 10.2. The second-order valence-electron chi connectivity index (χ2n) is 14.8.